The molecule has 24 heavy (non-hydrogen) atoms. The van der Waals surface area contributed by atoms with Crippen molar-refractivity contribution < 1.29 is 13.6 Å². The van der Waals surface area contributed by atoms with E-state index in [0.29, 0.717) is 16.7 Å². The lowest BCUT2D eigenvalue weighted by Gasteiger charge is -2.04. The number of fused-ring (bicyclic) bond motifs is 2. The van der Waals surface area contributed by atoms with Gasteiger partial charge in [-0.1, -0.05) is 24.3 Å². The van der Waals surface area contributed by atoms with Gasteiger partial charge in [0, 0.05) is 10.5 Å². The van der Waals surface area contributed by atoms with Crippen LogP contribution < -0.4 is 10.7 Å². The standard InChI is InChI=1S/C18H10BrNO4/c19-12-6-2-3-7-13(12)20-17(22)15-9-11-16(21)10-5-1-4-8-14(10)23-18(11)24-15/h1-9H,(H,20,22). The average Bonchev–Trinajstić information content (AvgIpc) is 3.02. The monoisotopic (exact) mass is 383 g/mol. The van der Waals surface area contributed by atoms with Crippen LogP contribution in [0.1, 0.15) is 10.6 Å². The average molecular weight is 384 g/mol. The van der Waals surface area contributed by atoms with E-state index in [-0.39, 0.29) is 22.4 Å². The Hall–Kier alpha value is -2.86. The van der Waals surface area contributed by atoms with Crippen LogP contribution in [0, 0.1) is 0 Å². The minimum absolute atomic E-state index is 0.0110. The van der Waals surface area contributed by atoms with Gasteiger partial charge in [-0.05, 0) is 40.2 Å². The first-order chi connectivity index (χ1) is 11.6. The van der Waals surface area contributed by atoms with E-state index in [4.69, 9.17) is 8.83 Å². The topological polar surface area (TPSA) is 72.5 Å². The molecule has 0 radical (unpaired) electrons. The maximum absolute atomic E-state index is 12.5. The molecule has 0 atom stereocenters. The van der Waals surface area contributed by atoms with Crippen molar-refractivity contribution in [3.05, 3.63) is 75.1 Å². The molecule has 0 saturated carbocycles. The van der Waals surface area contributed by atoms with Gasteiger partial charge in [0.15, 0.2) is 5.76 Å². The Balaban J connectivity index is 1.79. The molecule has 0 bridgehead atoms. The highest BCUT2D eigenvalue weighted by atomic mass is 79.9. The fourth-order valence-corrected chi connectivity index (χ4v) is 2.84. The Morgan fingerprint density at radius 3 is 2.54 bits per heavy atom. The summed E-state index contributed by atoms with van der Waals surface area (Å²) in [6.07, 6.45) is 0. The normalized spacial score (nSPS) is 11.0. The predicted molar refractivity (Wildman–Crippen MR) is 94.4 cm³/mol. The quantitative estimate of drug-likeness (QED) is 0.550. The molecule has 2 aromatic carbocycles. The van der Waals surface area contributed by atoms with Crippen molar-refractivity contribution in [2.75, 3.05) is 5.32 Å². The molecule has 2 heterocycles. The molecular formula is C18H10BrNO4. The second-order valence-corrected chi connectivity index (χ2v) is 6.03. The van der Waals surface area contributed by atoms with Crippen molar-refractivity contribution in [3.63, 3.8) is 0 Å². The van der Waals surface area contributed by atoms with Crippen LogP contribution in [-0.4, -0.2) is 5.91 Å². The van der Waals surface area contributed by atoms with E-state index >= 15 is 0 Å². The lowest BCUT2D eigenvalue weighted by atomic mass is 10.2. The summed E-state index contributed by atoms with van der Waals surface area (Å²) in [7, 11) is 0. The number of nitrogens with one attached hydrogen (secondary N) is 1. The fraction of sp³-hybridized carbons (Fsp3) is 0. The van der Waals surface area contributed by atoms with E-state index in [1.807, 2.05) is 12.1 Å². The second kappa shape index (κ2) is 5.65. The van der Waals surface area contributed by atoms with Gasteiger partial charge in [0.05, 0.1) is 11.1 Å². The molecule has 0 aliphatic rings. The third kappa shape index (κ3) is 2.41. The third-order valence-corrected chi connectivity index (χ3v) is 4.31. The lowest BCUT2D eigenvalue weighted by molar-refractivity contribution is 0.0997. The molecular weight excluding hydrogens is 374 g/mol. The van der Waals surface area contributed by atoms with Crippen LogP contribution in [0.15, 0.2) is 72.7 Å². The third-order valence-electron chi connectivity index (χ3n) is 3.62. The van der Waals surface area contributed by atoms with Crippen LogP contribution in [0.25, 0.3) is 22.1 Å². The molecule has 0 aliphatic carbocycles. The van der Waals surface area contributed by atoms with Gasteiger partial charge < -0.3 is 14.2 Å². The van der Waals surface area contributed by atoms with Crippen molar-refractivity contribution >= 4 is 49.7 Å². The number of anilines is 1. The maximum atomic E-state index is 12.5. The molecule has 6 heteroatoms. The summed E-state index contributed by atoms with van der Waals surface area (Å²) in [5.41, 5.74) is 0.796. The Kier molecular flexibility index (Phi) is 3.46. The predicted octanol–water partition coefficient (Wildman–Crippen LogP) is 4.55. The summed E-state index contributed by atoms with van der Waals surface area (Å²) >= 11 is 3.36. The first kappa shape index (κ1) is 14.7. The number of benzene rings is 2. The van der Waals surface area contributed by atoms with Crippen molar-refractivity contribution in [1.29, 1.82) is 0 Å². The number of rotatable bonds is 2. The molecule has 2 aromatic heterocycles. The Morgan fingerprint density at radius 2 is 1.71 bits per heavy atom. The molecule has 0 spiro atoms. The lowest BCUT2D eigenvalue weighted by Crippen LogP contribution is -2.11. The van der Waals surface area contributed by atoms with Crippen molar-refractivity contribution in [3.8, 4) is 0 Å². The largest absolute Gasteiger partial charge is 0.425 e. The number of amides is 1. The first-order valence-electron chi connectivity index (χ1n) is 7.15. The number of hydrogen-bond donors (Lipinski definition) is 1. The molecule has 118 valence electrons. The summed E-state index contributed by atoms with van der Waals surface area (Å²) in [5, 5.41) is 3.41. The Bertz CT molecular complexity index is 1140. The van der Waals surface area contributed by atoms with Gasteiger partial charge in [-0.2, -0.15) is 0 Å². The van der Waals surface area contributed by atoms with Crippen LogP contribution in [0.5, 0.6) is 0 Å². The summed E-state index contributed by atoms with van der Waals surface area (Å²) in [4.78, 5) is 24.8. The van der Waals surface area contributed by atoms with E-state index in [1.54, 1.807) is 36.4 Å². The maximum Gasteiger partial charge on any atom is 0.302 e. The van der Waals surface area contributed by atoms with E-state index in [0.717, 1.165) is 4.47 Å². The van der Waals surface area contributed by atoms with Crippen molar-refractivity contribution in [2.45, 2.75) is 0 Å². The number of para-hydroxylation sites is 2. The summed E-state index contributed by atoms with van der Waals surface area (Å²) in [6, 6.07) is 15.5. The van der Waals surface area contributed by atoms with Gasteiger partial charge in [0.2, 0.25) is 5.43 Å². The number of hydrogen-bond acceptors (Lipinski definition) is 4. The summed E-state index contributed by atoms with van der Waals surface area (Å²) in [5.74, 6) is -0.412. The van der Waals surface area contributed by atoms with Gasteiger partial charge in [-0.25, -0.2) is 0 Å². The molecule has 0 fully saturated rings. The van der Waals surface area contributed by atoms with E-state index in [2.05, 4.69) is 21.2 Å². The summed E-state index contributed by atoms with van der Waals surface area (Å²) < 4.78 is 11.8. The molecule has 0 unspecified atom stereocenters. The van der Waals surface area contributed by atoms with Crippen LogP contribution in [0.4, 0.5) is 5.69 Å². The number of furan rings is 1. The van der Waals surface area contributed by atoms with Crippen LogP contribution in [0.2, 0.25) is 0 Å². The SMILES string of the molecule is O=C(Nc1ccccc1Br)c1cc2c(=O)c3ccccc3oc2o1. The van der Waals surface area contributed by atoms with Crippen LogP contribution >= 0.6 is 15.9 Å². The molecule has 0 aliphatic heterocycles. The minimum atomic E-state index is -0.461. The van der Waals surface area contributed by atoms with Crippen LogP contribution in [0.3, 0.4) is 0 Å². The van der Waals surface area contributed by atoms with Crippen LogP contribution in [-0.2, 0) is 0 Å². The van der Waals surface area contributed by atoms with E-state index in [1.165, 1.54) is 6.07 Å². The van der Waals surface area contributed by atoms with Gasteiger partial charge in [0.25, 0.3) is 5.91 Å². The zero-order valence-electron chi connectivity index (χ0n) is 12.2. The number of halogens is 1. The van der Waals surface area contributed by atoms with Gasteiger partial charge in [-0.3, -0.25) is 9.59 Å². The Morgan fingerprint density at radius 1 is 0.958 bits per heavy atom. The molecule has 1 N–H and O–H groups in total. The van der Waals surface area contributed by atoms with Gasteiger partial charge in [0.1, 0.15) is 11.0 Å². The van der Waals surface area contributed by atoms with Crippen molar-refractivity contribution in [1.82, 2.24) is 0 Å². The highest BCUT2D eigenvalue weighted by Gasteiger charge is 2.18. The number of carbonyl (C=O) groups is 1. The second-order valence-electron chi connectivity index (χ2n) is 5.17. The number of carbonyl (C=O) groups excluding carboxylic acids is 1. The molecule has 4 rings (SSSR count). The zero-order valence-corrected chi connectivity index (χ0v) is 13.8. The summed E-state index contributed by atoms with van der Waals surface area (Å²) in [6.45, 7) is 0. The zero-order chi connectivity index (χ0) is 16.7. The van der Waals surface area contributed by atoms with E-state index in [9.17, 15) is 9.59 Å². The molecule has 4 aromatic rings. The highest BCUT2D eigenvalue weighted by molar-refractivity contribution is 9.10. The molecule has 1 amide bonds. The van der Waals surface area contributed by atoms with Gasteiger partial charge in [-0.15, -0.1) is 0 Å². The van der Waals surface area contributed by atoms with E-state index < -0.39 is 5.91 Å². The van der Waals surface area contributed by atoms with Gasteiger partial charge >= 0.3 is 5.78 Å². The molecule has 5 nitrogen and oxygen atoms in total. The fourth-order valence-electron chi connectivity index (χ4n) is 2.45. The smallest absolute Gasteiger partial charge is 0.302 e. The van der Waals surface area contributed by atoms with Crippen molar-refractivity contribution in [2.24, 2.45) is 0 Å². The highest BCUT2D eigenvalue weighted by Crippen LogP contribution is 2.24. The first-order valence-corrected chi connectivity index (χ1v) is 7.94. The minimum Gasteiger partial charge on any atom is -0.425 e. The molecule has 0 saturated heterocycles. The Labute approximate surface area is 144 Å².